The smallest absolute Gasteiger partial charge is 0.220 e. The molecule has 0 fully saturated rings. The summed E-state index contributed by atoms with van der Waals surface area (Å²) < 4.78 is 0. The Bertz CT molecular complexity index is 98.7. The first-order chi connectivity index (χ1) is 3.68. The van der Waals surface area contributed by atoms with Crippen molar-refractivity contribution in [2.24, 2.45) is 11.7 Å². The molecule has 2 heteroatoms. The molecule has 0 aromatic carbocycles. The summed E-state index contributed by atoms with van der Waals surface area (Å²) in [5.41, 5.74) is 4.87. The van der Waals surface area contributed by atoms with Crippen molar-refractivity contribution in [3.8, 4) is 0 Å². The quantitative estimate of drug-likeness (QED) is 0.531. The Morgan fingerprint density at radius 2 is 2.38 bits per heavy atom. The van der Waals surface area contributed by atoms with Crippen molar-refractivity contribution in [2.75, 3.05) is 0 Å². The molecule has 1 unspecified atom stereocenters. The van der Waals surface area contributed by atoms with Crippen LogP contribution < -0.4 is 5.73 Å². The summed E-state index contributed by atoms with van der Waals surface area (Å²) >= 11 is 0. The lowest BCUT2D eigenvalue weighted by atomic mass is 10.1. The van der Waals surface area contributed by atoms with Gasteiger partial charge in [-0.15, -0.1) is 6.58 Å². The van der Waals surface area contributed by atoms with Gasteiger partial charge in [-0.1, -0.05) is 6.08 Å². The van der Waals surface area contributed by atoms with E-state index in [9.17, 15) is 4.79 Å². The molecule has 1 amide bonds. The third-order valence-electron chi connectivity index (χ3n) is 0.854. The second kappa shape index (κ2) is 3.24. The van der Waals surface area contributed by atoms with Crippen LogP contribution in [0.5, 0.6) is 0 Å². The number of carbonyl (C=O) groups excluding carboxylic acids is 1. The maximum Gasteiger partial charge on any atom is 0.220 e. The van der Waals surface area contributed by atoms with Crippen LogP contribution in [0.4, 0.5) is 0 Å². The summed E-state index contributed by atoms with van der Waals surface area (Å²) in [7, 11) is 0. The van der Waals surface area contributed by atoms with Gasteiger partial charge in [-0.05, 0) is 13.3 Å². The molecule has 0 heterocycles. The number of primary amides is 1. The highest BCUT2D eigenvalue weighted by Crippen LogP contribution is 1.98. The molecule has 0 rings (SSSR count). The zero-order valence-corrected chi connectivity index (χ0v) is 4.76. The summed E-state index contributed by atoms with van der Waals surface area (Å²) in [4.78, 5) is 10.2. The number of amides is 1. The van der Waals surface area contributed by atoms with Crippen molar-refractivity contribution >= 4 is 5.91 Å². The van der Waals surface area contributed by atoms with E-state index in [4.69, 9.17) is 5.73 Å². The van der Waals surface area contributed by atoms with Gasteiger partial charge in [-0.2, -0.15) is 0 Å². The number of rotatable bonds is 3. The van der Waals surface area contributed by atoms with Gasteiger partial charge < -0.3 is 5.73 Å². The predicted molar refractivity (Wildman–Crippen MR) is 32.9 cm³/mol. The first-order valence-corrected chi connectivity index (χ1v) is 2.41. The average molecular weight is 112 g/mol. The minimum Gasteiger partial charge on any atom is -0.369 e. The largest absolute Gasteiger partial charge is 0.369 e. The van der Waals surface area contributed by atoms with E-state index in [1.807, 2.05) is 0 Å². The van der Waals surface area contributed by atoms with Crippen molar-refractivity contribution in [3.05, 3.63) is 19.6 Å². The number of carbonyl (C=O) groups is 1. The average Bonchev–Trinajstić information content (AvgIpc) is 1.67. The van der Waals surface area contributed by atoms with Crippen molar-refractivity contribution in [2.45, 2.75) is 6.42 Å². The third kappa shape index (κ3) is 2.39. The van der Waals surface area contributed by atoms with Crippen molar-refractivity contribution in [3.63, 3.8) is 0 Å². The molecule has 0 saturated carbocycles. The molecule has 2 nitrogen and oxygen atoms in total. The molecule has 1 radical (unpaired) electrons. The predicted octanol–water partition coefficient (Wildman–Crippen LogP) is 0.498. The van der Waals surface area contributed by atoms with E-state index in [2.05, 4.69) is 13.5 Å². The summed E-state index contributed by atoms with van der Waals surface area (Å²) in [5.74, 6) is -0.683. The van der Waals surface area contributed by atoms with Crippen LogP contribution >= 0.6 is 0 Å². The van der Waals surface area contributed by atoms with Gasteiger partial charge in [0.15, 0.2) is 0 Å². The van der Waals surface area contributed by atoms with Crippen LogP contribution in [0.1, 0.15) is 6.42 Å². The monoisotopic (exact) mass is 112 g/mol. The first kappa shape index (κ1) is 7.21. The summed E-state index contributed by atoms with van der Waals surface area (Å²) in [6, 6.07) is 0. The molecular weight excluding hydrogens is 102 g/mol. The lowest BCUT2D eigenvalue weighted by Crippen LogP contribution is -2.19. The fraction of sp³-hybridized carbons (Fsp3) is 0.333. The van der Waals surface area contributed by atoms with Gasteiger partial charge >= 0.3 is 0 Å². The van der Waals surface area contributed by atoms with E-state index >= 15 is 0 Å². The number of hydrogen-bond donors (Lipinski definition) is 1. The van der Waals surface area contributed by atoms with Gasteiger partial charge in [0.25, 0.3) is 0 Å². The number of allylic oxidation sites excluding steroid dienone is 1. The van der Waals surface area contributed by atoms with Gasteiger partial charge in [0.05, 0.1) is 0 Å². The Labute approximate surface area is 49.4 Å². The molecule has 0 aliphatic rings. The molecule has 0 aromatic heterocycles. The van der Waals surface area contributed by atoms with Crippen LogP contribution in [0.15, 0.2) is 12.7 Å². The van der Waals surface area contributed by atoms with E-state index in [0.717, 1.165) is 0 Å². The van der Waals surface area contributed by atoms with Crippen LogP contribution in [0.25, 0.3) is 0 Å². The van der Waals surface area contributed by atoms with Crippen LogP contribution in [0.2, 0.25) is 0 Å². The van der Waals surface area contributed by atoms with Crippen LogP contribution in [-0.2, 0) is 4.79 Å². The van der Waals surface area contributed by atoms with Crippen molar-refractivity contribution < 1.29 is 4.79 Å². The summed E-state index contributed by atoms with van der Waals surface area (Å²) in [5, 5.41) is 0. The fourth-order valence-corrected chi connectivity index (χ4v) is 0.317. The van der Waals surface area contributed by atoms with Gasteiger partial charge in [-0.3, -0.25) is 4.79 Å². The molecule has 0 bridgehead atoms. The van der Waals surface area contributed by atoms with Crippen molar-refractivity contribution in [1.82, 2.24) is 0 Å². The second-order valence-corrected chi connectivity index (χ2v) is 1.62. The fourth-order valence-electron chi connectivity index (χ4n) is 0.317. The standard InChI is InChI=1S/C6H10NO/c1-3-4-5(2)6(7)8/h3,5H,1-2,4H2,(H2,7,8). The Morgan fingerprint density at radius 3 is 2.50 bits per heavy atom. The molecule has 0 aliphatic carbocycles. The lowest BCUT2D eigenvalue weighted by Gasteiger charge is -1.99. The maximum absolute atomic E-state index is 10.2. The molecule has 2 N–H and O–H groups in total. The SMILES string of the molecule is [CH2]C(CC=C)C(N)=O. The highest BCUT2D eigenvalue weighted by Gasteiger charge is 2.03. The zero-order valence-electron chi connectivity index (χ0n) is 4.76. The summed E-state index contributed by atoms with van der Waals surface area (Å²) in [6.07, 6.45) is 2.19. The third-order valence-corrected chi connectivity index (χ3v) is 0.854. The molecule has 0 aliphatic heterocycles. The number of nitrogens with two attached hydrogens (primary N) is 1. The molecule has 45 valence electrons. The molecule has 1 atom stereocenters. The molecule has 8 heavy (non-hydrogen) atoms. The number of hydrogen-bond acceptors (Lipinski definition) is 1. The van der Waals surface area contributed by atoms with Gasteiger partial charge in [0, 0.05) is 5.92 Å². The van der Waals surface area contributed by atoms with Crippen LogP contribution in [0, 0.1) is 12.8 Å². The molecule has 0 spiro atoms. The summed E-state index contributed by atoms with van der Waals surface area (Å²) in [6.45, 7) is 6.92. The Morgan fingerprint density at radius 1 is 1.88 bits per heavy atom. The Balaban J connectivity index is 3.46. The normalized spacial score (nSPS) is 12.6. The van der Waals surface area contributed by atoms with Crippen LogP contribution in [-0.4, -0.2) is 5.91 Å². The van der Waals surface area contributed by atoms with E-state index in [-0.39, 0.29) is 11.8 Å². The second-order valence-electron chi connectivity index (χ2n) is 1.62. The van der Waals surface area contributed by atoms with E-state index in [0.29, 0.717) is 6.42 Å². The molecular formula is C6H10NO. The highest BCUT2D eigenvalue weighted by atomic mass is 16.1. The van der Waals surface area contributed by atoms with Gasteiger partial charge in [-0.25, -0.2) is 0 Å². The van der Waals surface area contributed by atoms with E-state index in [1.54, 1.807) is 6.08 Å². The van der Waals surface area contributed by atoms with Gasteiger partial charge in [0.2, 0.25) is 5.91 Å². The maximum atomic E-state index is 10.2. The van der Waals surface area contributed by atoms with E-state index in [1.165, 1.54) is 0 Å². The minimum atomic E-state index is -0.370. The van der Waals surface area contributed by atoms with Crippen molar-refractivity contribution in [1.29, 1.82) is 0 Å². The molecule has 0 aromatic rings. The lowest BCUT2D eigenvalue weighted by molar-refractivity contribution is -0.120. The first-order valence-electron chi connectivity index (χ1n) is 2.41. The topological polar surface area (TPSA) is 43.1 Å². The Hall–Kier alpha value is -0.790. The zero-order chi connectivity index (χ0) is 6.57. The van der Waals surface area contributed by atoms with E-state index < -0.39 is 0 Å². The minimum absolute atomic E-state index is 0.313. The van der Waals surface area contributed by atoms with Crippen LogP contribution in [0.3, 0.4) is 0 Å². The highest BCUT2D eigenvalue weighted by molar-refractivity contribution is 5.77. The Kier molecular flexibility index (Phi) is 2.92. The van der Waals surface area contributed by atoms with Gasteiger partial charge in [0.1, 0.15) is 0 Å². The molecule has 0 saturated heterocycles.